The number of rotatable bonds is 4. The van der Waals surface area contributed by atoms with Gasteiger partial charge in [0.05, 0.1) is 11.2 Å². The van der Waals surface area contributed by atoms with Crippen molar-refractivity contribution in [3.05, 3.63) is 65.2 Å². The van der Waals surface area contributed by atoms with E-state index < -0.39 is 17.3 Å². The Morgan fingerprint density at radius 2 is 1.84 bits per heavy atom. The van der Waals surface area contributed by atoms with Crippen LogP contribution >= 0.6 is 11.8 Å². The van der Waals surface area contributed by atoms with Gasteiger partial charge in [0.1, 0.15) is 0 Å². The molecule has 2 aromatic carbocycles. The largest absolute Gasteiger partial charge is 0.416 e. The quantitative estimate of drug-likeness (QED) is 0.819. The predicted octanol–water partition coefficient (Wildman–Crippen LogP) is 4.74. The molecule has 0 spiro atoms. The van der Waals surface area contributed by atoms with Gasteiger partial charge in [-0.15, -0.1) is 11.8 Å². The third-order valence-corrected chi connectivity index (χ3v) is 5.59. The van der Waals surface area contributed by atoms with Gasteiger partial charge in [0, 0.05) is 17.5 Å². The summed E-state index contributed by atoms with van der Waals surface area (Å²) in [6.45, 7) is 1.72. The second-order valence-electron chi connectivity index (χ2n) is 6.46. The number of alkyl halides is 3. The van der Waals surface area contributed by atoms with Crippen LogP contribution in [0.15, 0.2) is 53.4 Å². The van der Waals surface area contributed by atoms with Crippen LogP contribution in [0, 0.1) is 0 Å². The lowest BCUT2D eigenvalue weighted by Crippen LogP contribution is -2.38. The molecule has 0 saturated carbocycles. The van der Waals surface area contributed by atoms with Crippen molar-refractivity contribution in [1.82, 2.24) is 5.32 Å². The van der Waals surface area contributed by atoms with Crippen molar-refractivity contribution in [1.29, 1.82) is 0 Å². The molecule has 2 nitrogen and oxygen atoms in total. The van der Waals surface area contributed by atoms with Crippen LogP contribution in [0.3, 0.4) is 0 Å². The highest BCUT2D eigenvalue weighted by Crippen LogP contribution is 2.36. The number of thioether (sulfide) groups is 1. The normalized spacial score (nSPS) is 20.0. The summed E-state index contributed by atoms with van der Waals surface area (Å²) >= 11 is 1.80. The van der Waals surface area contributed by atoms with E-state index in [1.807, 2.05) is 12.1 Å². The van der Waals surface area contributed by atoms with Crippen molar-refractivity contribution < 1.29 is 18.3 Å². The van der Waals surface area contributed by atoms with Gasteiger partial charge in [-0.3, -0.25) is 0 Å². The second-order valence-corrected chi connectivity index (χ2v) is 7.60. The molecule has 0 aliphatic carbocycles. The number of benzene rings is 2. The highest BCUT2D eigenvalue weighted by molar-refractivity contribution is 7.99. The van der Waals surface area contributed by atoms with Gasteiger partial charge in [0.2, 0.25) is 0 Å². The maximum Gasteiger partial charge on any atom is 0.416 e. The van der Waals surface area contributed by atoms with Crippen molar-refractivity contribution in [3.8, 4) is 0 Å². The first-order valence-electron chi connectivity index (χ1n) is 8.12. The predicted molar refractivity (Wildman–Crippen MR) is 93.5 cm³/mol. The van der Waals surface area contributed by atoms with E-state index in [0.29, 0.717) is 0 Å². The molecular formula is C19H20F3NOS. The van der Waals surface area contributed by atoms with Gasteiger partial charge >= 0.3 is 6.18 Å². The summed E-state index contributed by atoms with van der Waals surface area (Å²) in [7, 11) is 0. The molecule has 1 heterocycles. The fraction of sp³-hybridized carbons (Fsp3) is 0.368. The Hall–Kier alpha value is -1.50. The minimum Gasteiger partial charge on any atom is -0.384 e. The molecule has 0 amide bonds. The lowest BCUT2D eigenvalue weighted by Gasteiger charge is -2.31. The molecule has 2 atom stereocenters. The third-order valence-electron chi connectivity index (χ3n) is 4.46. The van der Waals surface area contributed by atoms with Crippen LogP contribution in [-0.4, -0.2) is 17.4 Å². The monoisotopic (exact) mass is 367 g/mol. The Morgan fingerprint density at radius 1 is 1.12 bits per heavy atom. The molecule has 2 unspecified atom stereocenters. The molecule has 134 valence electrons. The summed E-state index contributed by atoms with van der Waals surface area (Å²) in [4.78, 5) is 1.21. The van der Waals surface area contributed by atoms with Crippen LogP contribution in [0.25, 0.3) is 0 Å². The zero-order valence-electron chi connectivity index (χ0n) is 13.8. The molecule has 0 bridgehead atoms. The van der Waals surface area contributed by atoms with Crippen molar-refractivity contribution in [2.45, 2.75) is 36.1 Å². The van der Waals surface area contributed by atoms with E-state index in [2.05, 4.69) is 17.4 Å². The first-order chi connectivity index (χ1) is 11.8. The molecule has 0 radical (unpaired) electrons. The van der Waals surface area contributed by atoms with Crippen LogP contribution in [0.1, 0.15) is 36.1 Å². The van der Waals surface area contributed by atoms with Crippen molar-refractivity contribution >= 4 is 11.8 Å². The fourth-order valence-corrected chi connectivity index (χ4v) is 4.13. The fourth-order valence-electron chi connectivity index (χ4n) is 3.01. The lowest BCUT2D eigenvalue weighted by molar-refractivity contribution is -0.137. The Balaban J connectivity index is 1.75. The summed E-state index contributed by atoms with van der Waals surface area (Å²) in [5.41, 5.74) is -0.697. The Kier molecular flexibility index (Phi) is 5.14. The average molecular weight is 367 g/mol. The minimum atomic E-state index is -4.42. The van der Waals surface area contributed by atoms with E-state index in [9.17, 15) is 18.3 Å². The Morgan fingerprint density at radius 3 is 2.60 bits per heavy atom. The smallest absolute Gasteiger partial charge is 0.384 e. The van der Waals surface area contributed by atoms with Crippen LogP contribution < -0.4 is 5.32 Å². The molecule has 1 aliphatic heterocycles. The molecule has 0 aromatic heterocycles. The summed E-state index contributed by atoms with van der Waals surface area (Å²) in [6.07, 6.45) is -3.50. The van der Waals surface area contributed by atoms with E-state index >= 15 is 0 Å². The van der Waals surface area contributed by atoms with Gasteiger partial charge in [0.25, 0.3) is 0 Å². The lowest BCUT2D eigenvalue weighted by atomic mass is 9.93. The number of aliphatic hydroxyl groups is 1. The van der Waals surface area contributed by atoms with Crippen molar-refractivity contribution in [2.24, 2.45) is 0 Å². The maximum absolute atomic E-state index is 12.9. The van der Waals surface area contributed by atoms with E-state index in [1.165, 1.54) is 22.6 Å². The average Bonchev–Trinajstić information content (AvgIpc) is 2.59. The summed E-state index contributed by atoms with van der Waals surface area (Å²) in [5.74, 6) is 0.973. The van der Waals surface area contributed by atoms with Crippen molar-refractivity contribution in [3.63, 3.8) is 0 Å². The first kappa shape index (κ1) is 18.3. The topological polar surface area (TPSA) is 32.3 Å². The SMILES string of the molecule is CC(O)(CNC1CCSc2ccccc21)c1cccc(C(F)(F)F)c1. The van der Waals surface area contributed by atoms with Crippen LogP contribution in [-0.2, 0) is 11.8 Å². The van der Waals surface area contributed by atoms with Gasteiger partial charge in [-0.1, -0.05) is 30.3 Å². The molecular weight excluding hydrogens is 347 g/mol. The maximum atomic E-state index is 12.9. The first-order valence-corrected chi connectivity index (χ1v) is 9.11. The third kappa shape index (κ3) is 4.19. The summed E-state index contributed by atoms with van der Waals surface area (Å²) < 4.78 is 38.7. The highest BCUT2D eigenvalue weighted by atomic mass is 32.2. The molecule has 2 N–H and O–H groups in total. The minimum absolute atomic E-state index is 0.0923. The van der Waals surface area contributed by atoms with E-state index in [1.54, 1.807) is 18.7 Å². The zero-order chi connectivity index (χ0) is 18.1. The van der Waals surface area contributed by atoms with Crippen LogP contribution in [0.4, 0.5) is 13.2 Å². The van der Waals surface area contributed by atoms with E-state index in [4.69, 9.17) is 0 Å². The van der Waals surface area contributed by atoms with Gasteiger partial charge < -0.3 is 10.4 Å². The standard InChI is InChI=1S/C19H20F3NOS/c1-18(24,13-5-4-6-14(11-13)19(20,21)22)12-23-16-9-10-25-17-8-3-2-7-15(16)17/h2-8,11,16,23-24H,9-10,12H2,1H3. The molecule has 1 aliphatic rings. The Bertz CT molecular complexity index is 745. The molecule has 0 fully saturated rings. The molecule has 25 heavy (non-hydrogen) atoms. The summed E-state index contributed by atoms with van der Waals surface area (Å²) in [6, 6.07) is 13.1. The number of hydrogen-bond donors (Lipinski definition) is 2. The van der Waals surface area contributed by atoms with E-state index in [0.717, 1.165) is 24.3 Å². The number of nitrogens with one attached hydrogen (secondary N) is 1. The number of hydrogen-bond acceptors (Lipinski definition) is 3. The van der Waals surface area contributed by atoms with E-state index in [-0.39, 0.29) is 18.2 Å². The highest BCUT2D eigenvalue weighted by Gasteiger charge is 2.33. The zero-order valence-corrected chi connectivity index (χ0v) is 14.6. The van der Waals surface area contributed by atoms with Gasteiger partial charge in [0.15, 0.2) is 0 Å². The number of fused-ring (bicyclic) bond motifs is 1. The summed E-state index contributed by atoms with van der Waals surface area (Å²) in [5, 5.41) is 14.0. The van der Waals surface area contributed by atoms with Crippen LogP contribution in [0.5, 0.6) is 0 Å². The molecule has 2 aromatic rings. The van der Waals surface area contributed by atoms with Crippen molar-refractivity contribution in [2.75, 3.05) is 12.3 Å². The van der Waals surface area contributed by atoms with Gasteiger partial charge in [-0.2, -0.15) is 13.2 Å². The van der Waals surface area contributed by atoms with Gasteiger partial charge in [-0.05, 0) is 48.4 Å². The van der Waals surface area contributed by atoms with Gasteiger partial charge in [-0.25, -0.2) is 0 Å². The number of halogens is 3. The molecule has 0 saturated heterocycles. The second kappa shape index (κ2) is 7.02. The Labute approximate surface area is 149 Å². The van der Waals surface area contributed by atoms with Crippen LogP contribution in [0.2, 0.25) is 0 Å². The molecule has 3 rings (SSSR count). The molecule has 6 heteroatoms.